The summed E-state index contributed by atoms with van der Waals surface area (Å²) in [4.78, 5) is 0. The van der Waals surface area contributed by atoms with Crippen LogP contribution in [0.25, 0.3) is 0 Å². The topological polar surface area (TPSA) is 40.5 Å². The maximum Gasteiger partial charge on any atom is 0.115 e. The molecule has 0 bridgehead atoms. The lowest BCUT2D eigenvalue weighted by molar-refractivity contribution is 0.473. The molecule has 0 amide bonds. The Kier molecular flexibility index (Phi) is 7.51. The van der Waals surface area contributed by atoms with E-state index in [9.17, 15) is 0 Å². The summed E-state index contributed by atoms with van der Waals surface area (Å²) in [7, 11) is 0. The van der Waals surface area contributed by atoms with Gasteiger partial charge in [-0.2, -0.15) is 0 Å². The minimum atomic E-state index is 0.344. The van der Waals surface area contributed by atoms with E-state index in [4.69, 9.17) is 10.2 Å². The van der Waals surface area contributed by atoms with E-state index in [0.717, 1.165) is 12.8 Å². The first-order valence-electron chi connectivity index (χ1n) is 8.05. The third kappa shape index (κ3) is 5.80. The lowest BCUT2D eigenvalue weighted by Gasteiger charge is -2.07. The van der Waals surface area contributed by atoms with E-state index in [1.165, 1.54) is 11.1 Å². The van der Waals surface area contributed by atoms with Crippen molar-refractivity contribution in [2.24, 2.45) is 0 Å². The van der Waals surface area contributed by atoms with Gasteiger partial charge in [-0.1, -0.05) is 52.0 Å². The van der Waals surface area contributed by atoms with Crippen LogP contribution in [-0.4, -0.2) is 10.2 Å². The van der Waals surface area contributed by atoms with Gasteiger partial charge in [-0.15, -0.1) is 0 Å². The van der Waals surface area contributed by atoms with Gasteiger partial charge >= 0.3 is 0 Å². The molecule has 2 rings (SSSR count). The maximum absolute atomic E-state index is 9.16. The molecule has 2 unspecified atom stereocenters. The van der Waals surface area contributed by atoms with Gasteiger partial charge in [0.2, 0.25) is 0 Å². The summed E-state index contributed by atoms with van der Waals surface area (Å²) in [6.07, 6.45) is 2.26. The van der Waals surface area contributed by atoms with Gasteiger partial charge in [0.25, 0.3) is 0 Å². The van der Waals surface area contributed by atoms with Gasteiger partial charge in [0.05, 0.1) is 0 Å². The highest BCUT2D eigenvalue weighted by Crippen LogP contribution is 2.22. The first-order chi connectivity index (χ1) is 10.5. The molecule has 0 radical (unpaired) electrons. The van der Waals surface area contributed by atoms with E-state index in [0.29, 0.717) is 23.3 Å². The molecule has 0 heterocycles. The molecule has 2 atom stereocenters. The Morgan fingerprint density at radius 3 is 1.77 bits per heavy atom. The van der Waals surface area contributed by atoms with E-state index < -0.39 is 0 Å². The summed E-state index contributed by atoms with van der Waals surface area (Å²) in [5.74, 6) is 1.84. The van der Waals surface area contributed by atoms with E-state index in [2.05, 4.69) is 27.7 Å². The molecule has 0 aromatic heterocycles. The second-order valence-corrected chi connectivity index (χ2v) is 5.81. The van der Waals surface area contributed by atoms with Gasteiger partial charge in [0.1, 0.15) is 11.5 Å². The van der Waals surface area contributed by atoms with Crippen molar-refractivity contribution in [3.05, 3.63) is 59.7 Å². The van der Waals surface area contributed by atoms with Crippen LogP contribution >= 0.6 is 0 Å². The molecule has 0 aliphatic heterocycles. The third-order valence-electron chi connectivity index (χ3n) is 4.13. The highest BCUT2D eigenvalue weighted by Gasteiger charge is 2.02. The lowest BCUT2D eigenvalue weighted by atomic mass is 9.99. The first kappa shape index (κ1) is 18.1. The minimum absolute atomic E-state index is 0.344. The molecule has 0 aliphatic rings. The van der Waals surface area contributed by atoms with Crippen LogP contribution in [0.5, 0.6) is 11.5 Å². The molecule has 0 aliphatic carbocycles. The summed E-state index contributed by atoms with van der Waals surface area (Å²) in [5.41, 5.74) is 2.51. The third-order valence-corrected chi connectivity index (χ3v) is 4.13. The zero-order valence-corrected chi connectivity index (χ0v) is 14.1. The molecule has 2 aromatic rings. The van der Waals surface area contributed by atoms with Crippen molar-refractivity contribution in [1.82, 2.24) is 0 Å². The van der Waals surface area contributed by atoms with Crippen LogP contribution in [0, 0.1) is 0 Å². The maximum atomic E-state index is 9.16. The summed E-state index contributed by atoms with van der Waals surface area (Å²) in [6.45, 7) is 8.66. The van der Waals surface area contributed by atoms with Crippen molar-refractivity contribution in [1.29, 1.82) is 0 Å². The summed E-state index contributed by atoms with van der Waals surface area (Å²) < 4.78 is 0. The minimum Gasteiger partial charge on any atom is -0.508 e. The largest absolute Gasteiger partial charge is 0.508 e. The fraction of sp³-hybridized carbons (Fsp3) is 0.400. The summed E-state index contributed by atoms with van der Waals surface area (Å²) >= 11 is 0. The molecule has 0 fully saturated rings. The van der Waals surface area contributed by atoms with Crippen molar-refractivity contribution in [3.8, 4) is 11.5 Å². The van der Waals surface area contributed by atoms with Crippen LogP contribution in [0.2, 0.25) is 0 Å². The number of aromatic hydroxyl groups is 2. The van der Waals surface area contributed by atoms with E-state index >= 15 is 0 Å². The predicted octanol–water partition coefficient (Wildman–Crippen LogP) is 5.81. The smallest absolute Gasteiger partial charge is 0.115 e. The fourth-order valence-electron chi connectivity index (χ4n) is 2.11. The normalized spacial score (nSPS) is 12.9. The number of benzene rings is 2. The Labute approximate surface area is 134 Å². The molecular formula is C20H28O2. The van der Waals surface area contributed by atoms with Gasteiger partial charge < -0.3 is 10.2 Å². The van der Waals surface area contributed by atoms with Crippen LogP contribution in [0.1, 0.15) is 63.5 Å². The van der Waals surface area contributed by atoms with Crippen LogP contribution < -0.4 is 0 Å². The quantitative estimate of drug-likeness (QED) is 0.747. The van der Waals surface area contributed by atoms with E-state index in [1.54, 1.807) is 18.2 Å². The Morgan fingerprint density at radius 1 is 0.727 bits per heavy atom. The highest BCUT2D eigenvalue weighted by atomic mass is 16.3. The van der Waals surface area contributed by atoms with E-state index in [1.807, 2.05) is 30.3 Å². The molecule has 0 saturated carbocycles. The second-order valence-electron chi connectivity index (χ2n) is 5.81. The Morgan fingerprint density at radius 2 is 1.27 bits per heavy atom. The highest BCUT2D eigenvalue weighted by molar-refractivity contribution is 5.29. The van der Waals surface area contributed by atoms with Crippen LogP contribution in [0.3, 0.4) is 0 Å². The molecule has 2 N–H and O–H groups in total. The van der Waals surface area contributed by atoms with Gasteiger partial charge in [0, 0.05) is 0 Å². The Bertz CT molecular complexity index is 546. The van der Waals surface area contributed by atoms with Gasteiger partial charge in [-0.3, -0.25) is 0 Å². The van der Waals surface area contributed by atoms with Crippen molar-refractivity contribution in [2.45, 2.75) is 52.4 Å². The molecule has 0 spiro atoms. The second kappa shape index (κ2) is 9.14. The van der Waals surface area contributed by atoms with Crippen molar-refractivity contribution in [3.63, 3.8) is 0 Å². The predicted molar refractivity (Wildman–Crippen MR) is 93.6 cm³/mol. The zero-order chi connectivity index (χ0) is 16.5. The number of phenolic OH excluding ortho intramolecular Hbond substituents is 2. The zero-order valence-electron chi connectivity index (χ0n) is 14.1. The molecule has 22 heavy (non-hydrogen) atoms. The Hall–Kier alpha value is -1.96. The van der Waals surface area contributed by atoms with Crippen LogP contribution in [0.15, 0.2) is 48.5 Å². The SMILES string of the molecule is CCC(C)c1ccc(O)cc1.CCC(C)c1cccc(O)c1. The molecule has 120 valence electrons. The van der Waals surface area contributed by atoms with Crippen molar-refractivity contribution in [2.75, 3.05) is 0 Å². The van der Waals surface area contributed by atoms with Crippen molar-refractivity contribution >= 4 is 0 Å². The molecular weight excluding hydrogens is 272 g/mol. The average molecular weight is 300 g/mol. The Balaban J connectivity index is 0.000000220. The number of phenols is 2. The lowest BCUT2D eigenvalue weighted by Crippen LogP contribution is -1.89. The molecule has 2 aromatic carbocycles. The monoisotopic (exact) mass is 300 g/mol. The average Bonchev–Trinajstić information content (AvgIpc) is 2.54. The van der Waals surface area contributed by atoms with Gasteiger partial charge in [-0.05, 0) is 60.1 Å². The van der Waals surface area contributed by atoms with Crippen LogP contribution in [0.4, 0.5) is 0 Å². The fourth-order valence-corrected chi connectivity index (χ4v) is 2.11. The van der Waals surface area contributed by atoms with Gasteiger partial charge in [-0.25, -0.2) is 0 Å². The number of hydrogen-bond donors (Lipinski definition) is 2. The first-order valence-corrected chi connectivity index (χ1v) is 8.05. The standard InChI is InChI=1S/2C10H14O/c1-3-8(2)9-4-6-10(11)7-5-9;1-3-8(2)9-5-4-6-10(11)7-9/h2*4-8,11H,3H2,1-2H3. The van der Waals surface area contributed by atoms with Crippen molar-refractivity contribution < 1.29 is 10.2 Å². The summed E-state index contributed by atoms with van der Waals surface area (Å²) in [6, 6.07) is 14.9. The molecule has 2 heteroatoms. The van der Waals surface area contributed by atoms with Gasteiger partial charge in [0.15, 0.2) is 0 Å². The van der Waals surface area contributed by atoms with Crippen LogP contribution in [-0.2, 0) is 0 Å². The van der Waals surface area contributed by atoms with E-state index in [-0.39, 0.29) is 0 Å². The summed E-state index contributed by atoms with van der Waals surface area (Å²) in [5, 5.41) is 18.2. The number of hydrogen-bond acceptors (Lipinski definition) is 2. The molecule has 2 nitrogen and oxygen atoms in total. The number of rotatable bonds is 4. The molecule has 0 saturated heterocycles.